The van der Waals surface area contributed by atoms with Crippen molar-refractivity contribution in [1.29, 1.82) is 0 Å². The van der Waals surface area contributed by atoms with Crippen LogP contribution in [0.3, 0.4) is 0 Å². The topological polar surface area (TPSA) is 77.2 Å². The Kier molecular flexibility index (Phi) is 4.51. The predicted molar refractivity (Wildman–Crippen MR) is 81.1 cm³/mol. The van der Waals surface area contributed by atoms with Crippen LogP contribution in [0.1, 0.15) is 63.9 Å². The summed E-state index contributed by atoms with van der Waals surface area (Å²) in [6.45, 7) is 7.53. The average molecular weight is 313 g/mol. The van der Waals surface area contributed by atoms with Gasteiger partial charge in [-0.3, -0.25) is 0 Å². The van der Waals surface area contributed by atoms with E-state index < -0.39 is 17.2 Å². The predicted octanol–water partition coefficient (Wildman–Crippen LogP) is 3.40. The summed E-state index contributed by atoms with van der Waals surface area (Å²) in [5.41, 5.74) is -1.06. The lowest BCUT2D eigenvalue weighted by atomic mass is 9.76. The first-order chi connectivity index (χ1) is 9.76. The van der Waals surface area contributed by atoms with Gasteiger partial charge in [-0.15, -0.1) is 0 Å². The molecule has 0 bridgehead atoms. The van der Waals surface area contributed by atoms with Gasteiger partial charge >= 0.3 is 6.09 Å². The highest BCUT2D eigenvalue weighted by atomic mass is 32.2. The summed E-state index contributed by atoms with van der Waals surface area (Å²) in [4.78, 5) is 16.5. The van der Waals surface area contributed by atoms with E-state index in [-0.39, 0.29) is 5.25 Å². The molecule has 1 atom stereocenters. The number of aromatic nitrogens is 2. The number of alkyl carbamates (subject to hydrolysis) is 1. The fourth-order valence-electron chi connectivity index (χ4n) is 2.13. The van der Waals surface area contributed by atoms with Crippen molar-refractivity contribution >= 4 is 17.9 Å². The third kappa shape index (κ3) is 3.70. The molecule has 0 aromatic carbocycles. The Balaban J connectivity index is 2.11. The largest absolute Gasteiger partial charge is 0.444 e. The number of carbonyl (C=O) groups is 1. The van der Waals surface area contributed by atoms with Crippen LogP contribution in [-0.2, 0) is 10.3 Å². The summed E-state index contributed by atoms with van der Waals surface area (Å²) < 4.78 is 10.6. The first-order valence-corrected chi connectivity index (χ1v) is 8.42. The monoisotopic (exact) mass is 313 g/mol. The number of carbonyl (C=O) groups excluding carboxylic acids is 1. The fraction of sp³-hybridized carbons (Fsp3) is 0.786. The van der Waals surface area contributed by atoms with Gasteiger partial charge in [0.05, 0.1) is 5.25 Å². The molecule has 1 aromatic rings. The molecule has 1 amide bonds. The van der Waals surface area contributed by atoms with Crippen LogP contribution in [0.4, 0.5) is 4.79 Å². The molecule has 0 unspecified atom stereocenters. The van der Waals surface area contributed by atoms with Crippen LogP contribution < -0.4 is 5.32 Å². The molecule has 2 rings (SSSR count). The van der Waals surface area contributed by atoms with Crippen LogP contribution in [0.5, 0.6) is 0 Å². The van der Waals surface area contributed by atoms with Crippen LogP contribution in [0, 0.1) is 0 Å². The smallest absolute Gasteiger partial charge is 0.408 e. The summed E-state index contributed by atoms with van der Waals surface area (Å²) in [5, 5.41) is 7.12. The molecule has 1 fully saturated rings. The molecule has 1 aliphatic carbocycles. The average Bonchev–Trinajstić information content (AvgIpc) is 2.80. The number of amides is 1. The summed E-state index contributed by atoms with van der Waals surface area (Å²) in [5.74, 6) is 1.14. The lowest BCUT2D eigenvalue weighted by Crippen LogP contribution is -2.52. The van der Waals surface area contributed by atoms with Crippen molar-refractivity contribution in [1.82, 2.24) is 15.5 Å². The molecule has 1 aliphatic rings. The molecule has 1 aromatic heterocycles. The van der Waals surface area contributed by atoms with Crippen molar-refractivity contribution < 1.29 is 14.1 Å². The van der Waals surface area contributed by atoms with Gasteiger partial charge in [0.15, 0.2) is 5.82 Å². The zero-order chi connectivity index (χ0) is 15.7. The highest BCUT2D eigenvalue weighted by Crippen LogP contribution is 2.40. The van der Waals surface area contributed by atoms with E-state index in [1.54, 1.807) is 11.8 Å². The number of rotatable bonds is 4. The Morgan fingerprint density at radius 1 is 1.48 bits per heavy atom. The number of nitrogens with one attached hydrogen (secondary N) is 1. The standard InChI is InChI=1S/C14H23N3O3S/c1-9(21-5)10-15-11(17-20-10)14(7-6-8-14)16-12(18)19-13(2,3)4/h9H,6-8H2,1-5H3,(H,16,18)/t9-/m0/s1. The Hall–Kier alpha value is -1.24. The molecule has 1 heterocycles. The zero-order valence-corrected chi connectivity index (χ0v) is 14.0. The molecule has 0 spiro atoms. The second-order valence-electron chi connectivity index (χ2n) is 6.40. The van der Waals surface area contributed by atoms with E-state index in [2.05, 4.69) is 15.5 Å². The van der Waals surface area contributed by atoms with Crippen LogP contribution in [-0.4, -0.2) is 28.1 Å². The second-order valence-corrected chi connectivity index (χ2v) is 7.58. The Morgan fingerprint density at radius 3 is 2.62 bits per heavy atom. The van der Waals surface area contributed by atoms with E-state index in [0.29, 0.717) is 11.7 Å². The Morgan fingerprint density at radius 2 is 2.14 bits per heavy atom. The van der Waals surface area contributed by atoms with E-state index in [1.165, 1.54) is 0 Å². The first-order valence-electron chi connectivity index (χ1n) is 7.14. The molecule has 0 saturated heterocycles. The van der Waals surface area contributed by atoms with Crippen LogP contribution >= 0.6 is 11.8 Å². The van der Waals surface area contributed by atoms with Gasteiger partial charge in [-0.25, -0.2) is 4.79 Å². The lowest BCUT2D eigenvalue weighted by Gasteiger charge is -2.39. The number of nitrogens with zero attached hydrogens (tertiary/aromatic N) is 2. The molecule has 118 valence electrons. The van der Waals surface area contributed by atoms with Gasteiger partial charge in [0.25, 0.3) is 0 Å². The van der Waals surface area contributed by atoms with Crippen molar-refractivity contribution in [2.45, 2.75) is 63.3 Å². The maximum Gasteiger partial charge on any atom is 0.408 e. The van der Waals surface area contributed by atoms with Crippen molar-refractivity contribution in [3.05, 3.63) is 11.7 Å². The molecule has 7 heteroatoms. The maximum atomic E-state index is 12.0. The first kappa shape index (κ1) is 16.1. The van der Waals surface area contributed by atoms with Crippen LogP contribution in [0.25, 0.3) is 0 Å². The lowest BCUT2D eigenvalue weighted by molar-refractivity contribution is 0.0362. The molecule has 21 heavy (non-hydrogen) atoms. The van der Waals surface area contributed by atoms with E-state index in [4.69, 9.17) is 9.26 Å². The van der Waals surface area contributed by atoms with Gasteiger partial charge in [0.2, 0.25) is 5.89 Å². The minimum Gasteiger partial charge on any atom is -0.444 e. The molecule has 1 N–H and O–H groups in total. The molecular formula is C14H23N3O3S. The van der Waals surface area contributed by atoms with Crippen molar-refractivity contribution in [3.8, 4) is 0 Å². The molecular weight excluding hydrogens is 290 g/mol. The van der Waals surface area contributed by atoms with Crippen LogP contribution in [0.15, 0.2) is 4.52 Å². The quantitative estimate of drug-likeness (QED) is 0.918. The fourth-order valence-corrected chi connectivity index (χ4v) is 2.43. The van der Waals surface area contributed by atoms with Crippen molar-refractivity contribution in [2.24, 2.45) is 0 Å². The van der Waals surface area contributed by atoms with Gasteiger partial charge in [-0.2, -0.15) is 16.7 Å². The summed E-state index contributed by atoms with van der Waals surface area (Å²) in [6.07, 6.45) is 4.19. The summed E-state index contributed by atoms with van der Waals surface area (Å²) in [7, 11) is 0. The molecule has 6 nitrogen and oxygen atoms in total. The number of ether oxygens (including phenoxy) is 1. The van der Waals surface area contributed by atoms with Crippen molar-refractivity contribution in [3.63, 3.8) is 0 Å². The summed E-state index contributed by atoms with van der Waals surface area (Å²) in [6, 6.07) is 0. The second kappa shape index (κ2) is 5.87. The van der Waals surface area contributed by atoms with E-state index in [9.17, 15) is 4.79 Å². The molecule has 0 aliphatic heterocycles. The number of hydrogen-bond acceptors (Lipinski definition) is 6. The van der Waals surface area contributed by atoms with E-state index in [1.807, 2.05) is 34.0 Å². The van der Waals surface area contributed by atoms with Gasteiger partial charge in [0.1, 0.15) is 11.1 Å². The zero-order valence-electron chi connectivity index (χ0n) is 13.2. The minimum absolute atomic E-state index is 0.143. The van der Waals surface area contributed by atoms with E-state index >= 15 is 0 Å². The number of hydrogen-bond donors (Lipinski definition) is 1. The van der Waals surface area contributed by atoms with Gasteiger partial charge in [0, 0.05) is 0 Å². The third-order valence-electron chi connectivity index (χ3n) is 3.52. The van der Waals surface area contributed by atoms with Crippen LogP contribution in [0.2, 0.25) is 0 Å². The third-order valence-corrected chi connectivity index (χ3v) is 4.43. The van der Waals surface area contributed by atoms with E-state index in [0.717, 1.165) is 19.3 Å². The Labute approximate surface area is 129 Å². The highest BCUT2D eigenvalue weighted by Gasteiger charge is 2.45. The minimum atomic E-state index is -0.539. The van der Waals surface area contributed by atoms with Gasteiger partial charge < -0.3 is 14.6 Å². The van der Waals surface area contributed by atoms with Crippen molar-refractivity contribution in [2.75, 3.05) is 6.26 Å². The summed E-state index contributed by atoms with van der Waals surface area (Å²) >= 11 is 1.64. The van der Waals surface area contributed by atoms with Gasteiger partial charge in [-0.05, 0) is 53.2 Å². The molecule has 1 saturated carbocycles. The molecule has 0 radical (unpaired) electrons. The normalized spacial score (nSPS) is 18.7. The maximum absolute atomic E-state index is 12.0. The highest BCUT2D eigenvalue weighted by molar-refractivity contribution is 7.98. The van der Waals surface area contributed by atoms with Gasteiger partial charge in [-0.1, -0.05) is 5.16 Å². The number of thioether (sulfide) groups is 1. The SMILES string of the molecule is CS[C@@H](C)c1nc(C2(NC(=O)OC(C)(C)C)CCC2)no1. The Bertz CT molecular complexity index is 506.